The third kappa shape index (κ3) is 7.26. The summed E-state index contributed by atoms with van der Waals surface area (Å²) in [6.45, 7) is 5.03. The van der Waals surface area contributed by atoms with Crippen molar-refractivity contribution in [3.63, 3.8) is 0 Å². The van der Waals surface area contributed by atoms with Crippen molar-refractivity contribution in [2.75, 3.05) is 6.16 Å². The van der Waals surface area contributed by atoms with Crippen LogP contribution < -0.4 is 0 Å². The van der Waals surface area contributed by atoms with Crippen molar-refractivity contribution in [1.29, 1.82) is 0 Å². The van der Waals surface area contributed by atoms with Gasteiger partial charge in [-0.3, -0.25) is 14.2 Å². The fraction of sp³-hybridized carbons (Fsp3) is 0.800. The number of carboxylic acid groups (broad SMARTS) is 1. The summed E-state index contributed by atoms with van der Waals surface area (Å²) in [5.74, 6) is -2.46. The van der Waals surface area contributed by atoms with Crippen molar-refractivity contribution >= 4 is 19.3 Å². The normalized spacial score (nSPS) is 14.4. The van der Waals surface area contributed by atoms with Crippen molar-refractivity contribution < 1.29 is 29.0 Å². The van der Waals surface area contributed by atoms with E-state index < -0.39 is 31.1 Å². The van der Waals surface area contributed by atoms with Gasteiger partial charge in [0.25, 0.3) is 0 Å². The maximum absolute atomic E-state index is 11.6. The minimum Gasteiger partial charge on any atom is -0.481 e. The third-order valence-electron chi connectivity index (χ3n) is 2.39. The van der Waals surface area contributed by atoms with Crippen LogP contribution in [0.5, 0.6) is 0 Å². The number of hydrogen-bond acceptors (Lipinski definition) is 3. The zero-order chi connectivity index (χ0) is 13.9. The molecule has 0 radical (unpaired) electrons. The molecule has 0 saturated heterocycles. The number of carbonyl (C=O) groups is 2. The van der Waals surface area contributed by atoms with Crippen molar-refractivity contribution in [3.05, 3.63) is 0 Å². The lowest BCUT2D eigenvalue weighted by Gasteiger charge is -2.19. The highest BCUT2D eigenvalue weighted by atomic mass is 31.2. The van der Waals surface area contributed by atoms with Crippen LogP contribution in [0.15, 0.2) is 0 Å². The van der Waals surface area contributed by atoms with E-state index in [-0.39, 0.29) is 18.6 Å². The van der Waals surface area contributed by atoms with Crippen molar-refractivity contribution in [2.45, 2.75) is 33.6 Å². The number of ketones is 1. The van der Waals surface area contributed by atoms with Gasteiger partial charge in [-0.25, -0.2) is 0 Å². The maximum atomic E-state index is 11.6. The fourth-order valence-corrected chi connectivity index (χ4v) is 1.81. The van der Waals surface area contributed by atoms with E-state index in [9.17, 15) is 14.2 Å². The molecule has 0 heterocycles. The Balaban J connectivity index is 4.52. The summed E-state index contributed by atoms with van der Waals surface area (Å²) in [4.78, 5) is 39.9. The summed E-state index contributed by atoms with van der Waals surface area (Å²) in [6, 6.07) is 0. The lowest BCUT2D eigenvalue weighted by Crippen LogP contribution is -2.27. The minimum absolute atomic E-state index is 0.193. The molecule has 1 unspecified atom stereocenters. The monoisotopic (exact) mass is 266 g/mol. The molecular formula is C10H19O6P. The van der Waals surface area contributed by atoms with Gasteiger partial charge in [0.05, 0.1) is 12.1 Å². The summed E-state index contributed by atoms with van der Waals surface area (Å²) < 4.78 is 10.7. The average molecular weight is 266 g/mol. The molecule has 0 aromatic rings. The van der Waals surface area contributed by atoms with Crippen molar-refractivity contribution in [3.8, 4) is 0 Å². The van der Waals surface area contributed by atoms with E-state index in [1.807, 2.05) is 0 Å². The summed E-state index contributed by atoms with van der Waals surface area (Å²) in [6.07, 6.45) is -0.901. The van der Waals surface area contributed by atoms with Crippen LogP contribution in [0.2, 0.25) is 0 Å². The fourth-order valence-electron chi connectivity index (χ4n) is 1.17. The van der Waals surface area contributed by atoms with Crippen LogP contribution in [0.1, 0.15) is 33.6 Å². The SMILES string of the molecule is CC(C)(C)C(=O)CC(CCP(=O)(O)O)C(=O)O. The Hall–Kier alpha value is -0.710. The van der Waals surface area contributed by atoms with Gasteiger partial charge in [-0.15, -0.1) is 0 Å². The maximum Gasteiger partial charge on any atom is 0.325 e. The van der Waals surface area contributed by atoms with E-state index in [1.54, 1.807) is 20.8 Å². The molecule has 1 atom stereocenters. The number of aliphatic carboxylic acids is 1. The van der Waals surface area contributed by atoms with Crippen LogP contribution in [0, 0.1) is 11.3 Å². The molecule has 0 aromatic carbocycles. The number of rotatable bonds is 6. The molecule has 3 N–H and O–H groups in total. The Bertz CT molecular complexity index is 337. The van der Waals surface area contributed by atoms with Crippen LogP contribution in [-0.4, -0.2) is 32.8 Å². The molecule has 6 nitrogen and oxygen atoms in total. The number of Topliss-reactive ketones (excluding diaryl/α,β-unsaturated/α-hetero) is 1. The van der Waals surface area contributed by atoms with Gasteiger partial charge >= 0.3 is 13.6 Å². The van der Waals surface area contributed by atoms with Gasteiger partial charge in [-0.05, 0) is 6.42 Å². The zero-order valence-corrected chi connectivity index (χ0v) is 11.1. The summed E-state index contributed by atoms with van der Waals surface area (Å²) >= 11 is 0. The largest absolute Gasteiger partial charge is 0.481 e. The van der Waals surface area contributed by atoms with Crippen LogP contribution in [-0.2, 0) is 14.2 Å². The molecule has 0 aromatic heterocycles. The highest BCUT2D eigenvalue weighted by Crippen LogP contribution is 2.37. The van der Waals surface area contributed by atoms with Gasteiger partial charge < -0.3 is 14.9 Å². The Labute approximate surface area is 100 Å². The van der Waals surface area contributed by atoms with Crippen LogP contribution in [0.3, 0.4) is 0 Å². The van der Waals surface area contributed by atoms with Crippen LogP contribution in [0.4, 0.5) is 0 Å². The number of carbonyl (C=O) groups excluding carboxylic acids is 1. The molecule has 0 spiro atoms. The predicted octanol–water partition coefficient (Wildman–Crippen LogP) is 1.26. The third-order valence-corrected chi connectivity index (χ3v) is 3.23. The van der Waals surface area contributed by atoms with E-state index in [2.05, 4.69) is 0 Å². The topological polar surface area (TPSA) is 112 Å². The molecule has 17 heavy (non-hydrogen) atoms. The second-order valence-electron chi connectivity index (χ2n) is 5.09. The lowest BCUT2D eigenvalue weighted by molar-refractivity contribution is -0.144. The number of hydrogen-bond donors (Lipinski definition) is 3. The minimum atomic E-state index is -4.22. The molecule has 0 fully saturated rings. The second kappa shape index (κ2) is 5.76. The second-order valence-corrected chi connectivity index (χ2v) is 6.87. The van der Waals surface area contributed by atoms with Crippen LogP contribution in [0.25, 0.3) is 0 Å². The lowest BCUT2D eigenvalue weighted by atomic mass is 9.84. The summed E-state index contributed by atoms with van der Waals surface area (Å²) in [5.41, 5.74) is -0.643. The smallest absolute Gasteiger partial charge is 0.325 e. The standard InChI is InChI=1S/C10H19O6P/c1-10(2,3)8(11)6-7(9(12)13)4-5-17(14,15)16/h7H,4-6H2,1-3H3,(H,12,13)(H2,14,15,16). The van der Waals surface area contributed by atoms with Gasteiger partial charge in [0.15, 0.2) is 0 Å². The average Bonchev–Trinajstić information content (AvgIpc) is 2.07. The van der Waals surface area contributed by atoms with Gasteiger partial charge in [0, 0.05) is 11.8 Å². The van der Waals surface area contributed by atoms with Gasteiger partial charge in [0.2, 0.25) is 0 Å². The molecule has 7 heteroatoms. The van der Waals surface area contributed by atoms with Gasteiger partial charge in [-0.1, -0.05) is 20.8 Å². The Morgan fingerprint density at radius 1 is 1.24 bits per heavy atom. The van der Waals surface area contributed by atoms with E-state index in [0.717, 1.165) is 0 Å². The Morgan fingerprint density at radius 2 is 1.71 bits per heavy atom. The number of carboxylic acids is 1. The molecule has 0 amide bonds. The highest BCUT2D eigenvalue weighted by Gasteiger charge is 2.29. The first-order chi connectivity index (χ1) is 7.43. The molecule has 0 saturated carbocycles. The van der Waals surface area contributed by atoms with Gasteiger partial charge in [-0.2, -0.15) is 0 Å². The van der Waals surface area contributed by atoms with Gasteiger partial charge in [0.1, 0.15) is 5.78 Å². The quantitative estimate of drug-likeness (QED) is 0.624. The van der Waals surface area contributed by atoms with E-state index in [1.165, 1.54) is 0 Å². The van der Waals surface area contributed by atoms with Crippen LogP contribution >= 0.6 is 7.60 Å². The van der Waals surface area contributed by atoms with Crippen molar-refractivity contribution in [1.82, 2.24) is 0 Å². The van der Waals surface area contributed by atoms with E-state index in [0.29, 0.717) is 0 Å². The first kappa shape index (κ1) is 16.3. The molecule has 0 aliphatic heterocycles. The first-order valence-electron chi connectivity index (χ1n) is 5.24. The molecule has 100 valence electrons. The molecule has 0 rings (SSSR count). The Morgan fingerprint density at radius 3 is 2.00 bits per heavy atom. The van der Waals surface area contributed by atoms with Crippen molar-refractivity contribution in [2.24, 2.45) is 11.3 Å². The van der Waals surface area contributed by atoms with E-state index >= 15 is 0 Å². The predicted molar refractivity (Wildman–Crippen MR) is 61.7 cm³/mol. The molecule has 0 bridgehead atoms. The highest BCUT2D eigenvalue weighted by molar-refractivity contribution is 7.51. The molecule has 0 aliphatic carbocycles. The molecular weight excluding hydrogens is 247 g/mol. The molecule has 0 aliphatic rings. The zero-order valence-electron chi connectivity index (χ0n) is 10.2. The van der Waals surface area contributed by atoms with E-state index in [4.69, 9.17) is 14.9 Å². The summed E-state index contributed by atoms with van der Waals surface area (Å²) in [5, 5.41) is 8.88. The first-order valence-corrected chi connectivity index (χ1v) is 7.04. The summed E-state index contributed by atoms with van der Waals surface area (Å²) in [7, 11) is -4.22. The Kier molecular flexibility index (Phi) is 5.52.